The molecule has 0 spiro atoms. The number of amides is 4. The lowest BCUT2D eigenvalue weighted by atomic mass is 9.85. The van der Waals surface area contributed by atoms with Crippen LogP contribution in [-0.2, 0) is 70.2 Å². The minimum absolute atomic E-state index is 0. The topological polar surface area (TPSA) is 292 Å². The quantitative estimate of drug-likeness (QED) is 0.0421. The summed E-state index contributed by atoms with van der Waals surface area (Å²) in [7, 11) is 0. The average molecular weight is 1830 g/mol. The molecule has 4 aromatic heterocycles. The second-order valence-corrected chi connectivity index (χ2v) is 38.2. The Labute approximate surface area is 774 Å². The molecule has 8 aliphatic rings. The Morgan fingerprint density at radius 1 is 0.481 bits per heavy atom. The number of benzene rings is 4. The van der Waals surface area contributed by atoms with E-state index in [1.807, 2.05) is 108 Å². The van der Waals surface area contributed by atoms with Crippen LogP contribution in [0.2, 0.25) is 15.1 Å². The molecule has 0 saturated carbocycles. The zero-order valence-corrected chi connectivity index (χ0v) is 78.5. The Morgan fingerprint density at radius 3 is 1.26 bits per heavy atom. The molecule has 4 unspecified atom stereocenters. The molecule has 0 radical (unpaired) electrons. The van der Waals surface area contributed by atoms with Gasteiger partial charge in [0.05, 0.1) is 101 Å². The largest absolute Gasteiger partial charge is 0.374 e. The van der Waals surface area contributed by atoms with E-state index in [0.29, 0.717) is 146 Å². The molecule has 31 heteroatoms. The molecule has 4 aromatic carbocycles. The number of hydrogen-bond acceptors (Lipinski definition) is 22. The first-order valence-corrected chi connectivity index (χ1v) is 46.0. The Hall–Kier alpha value is -9.14. The highest BCUT2D eigenvalue weighted by Gasteiger charge is 2.44. The van der Waals surface area contributed by atoms with Gasteiger partial charge in [-0.2, -0.15) is 0 Å². The predicted octanol–water partition coefficient (Wildman–Crippen LogP) is 14.7. The van der Waals surface area contributed by atoms with Gasteiger partial charge in [-0.3, -0.25) is 34.1 Å². The summed E-state index contributed by atoms with van der Waals surface area (Å²) in [6, 6.07) is 31.0. The lowest BCUT2D eigenvalue weighted by molar-refractivity contribution is -0.152. The van der Waals surface area contributed by atoms with E-state index < -0.39 is 40.1 Å². The zero-order valence-electron chi connectivity index (χ0n) is 76.2. The van der Waals surface area contributed by atoms with Gasteiger partial charge in [0, 0.05) is 203 Å². The van der Waals surface area contributed by atoms with Crippen LogP contribution in [0.5, 0.6) is 0 Å². The van der Waals surface area contributed by atoms with Crippen molar-refractivity contribution in [3.63, 3.8) is 0 Å². The number of aryl methyl sites for hydroxylation is 1. The summed E-state index contributed by atoms with van der Waals surface area (Å²) < 4.78 is 51.4. The molecule has 16 rings (SSSR count). The van der Waals surface area contributed by atoms with Gasteiger partial charge >= 0.3 is 0 Å². The van der Waals surface area contributed by atoms with Crippen molar-refractivity contribution >= 4 is 81.3 Å². The summed E-state index contributed by atoms with van der Waals surface area (Å²) in [5.41, 5.74) is 25.7. The number of carbonyl (C=O) groups is 4. The SMILES string of the molecule is C.CC(C)NCC(O)(C(=O)N1CCN(c2ccnc3c2[C@H](C)OC3)CC1)c1ccc(Cl)cc1.CC1OCc2ncnc(N3CCN(C(=O)C(CC(C)(C)N)c4ccc(Cl)c(F)c4)C[C@@H]3C)c21.C[C@@H]1OCc2nccc(N3CCN(C(=O)[C@H](CC(C)(C)N)c4ccc(Cl)c(F)c4)CC3)c21.Cc1ccc(C(CNC(C)C)C(=O)N2CCN(c3ccnc4c3[C@H](C)OC4)CC2)cc1. The molecule has 129 heavy (non-hydrogen) atoms. The Kier molecular flexibility index (Phi) is 33.0. The number of nitrogens with one attached hydrogen (secondary N) is 2. The molecule has 0 bridgehead atoms. The van der Waals surface area contributed by atoms with E-state index in [-0.39, 0.29) is 90.1 Å². The highest BCUT2D eigenvalue weighted by Crippen LogP contribution is 2.43. The van der Waals surface area contributed by atoms with Crippen LogP contribution in [0.4, 0.5) is 31.7 Å². The fourth-order valence-electron chi connectivity index (χ4n) is 18.3. The number of anilines is 4. The van der Waals surface area contributed by atoms with Crippen LogP contribution in [0, 0.1) is 18.6 Å². The van der Waals surface area contributed by atoms with E-state index in [0.717, 1.165) is 88.4 Å². The van der Waals surface area contributed by atoms with Crippen molar-refractivity contribution in [3.8, 4) is 0 Å². The number of aromatic nitrogens is 5. The molecule has 4 saturated heterocycles. The first kappa shape index (κ1) is 98.9. The Bertz CT molecular complexity index is 5180. The average Bonchev–Trinajstić information content (AvgIpc) is 1.76. The van der Waals surface area contributed by atoms with Crippen molar-refractivity contribution in [2.75, 3.05) is 131 Å². The van der Waals surface area contributed by atoms with E-state index in [2.05, 4.69) is 120 Å². The lowest BCUT2D eigenvalue weighted by Crippen LogP contribution is -2.58. The maximum absolute atomic E-state index is 14.2. The van der Waals surface area contributed by atoms with Gasteiger partial charge in [0.15, 0.2) is 5.60 Å². The Balaban J connectivity index is 0.000000155. The number of halogens is 5. The van der Waals surface area contributed by atoms with E-state index >= 15 is 0 Å². The number of nitrogens with two attached hydrogens (primary N) is 2. The van der Waals surface area contributed by atoms with Crippen molar-refractivity contribution in [1.29, 1.82) is 0 Å². The van der Waals surface area contributed by atoms with Crippen molar-refractivity contribution in [2.24, 2.45) is 11.5 Å². The molecular weight excluding hydrogens is 1700 g/mol. The summed E-state index contributed by atoms with van der Waals surface area (Å²) in [5, 5.41) is 18.9. The van der Waals surface area contributed by atoms with E-state index in [9.17, 15) is 33.1 Å². The number of pyridine rings is 3. The summed E-state index contributed by atoms with van der Waals surface area (Å²) in [4.78, 5) is 93.2. The summed E-state index contributed by atoms with van der Waals surface area (Å²) >= 11 is 17.8. The van der Waals surface area contributed by atoms with Crippen molar-refractivity contribution in [1.82, 2.24) is 55.2 Å². The van der Waals surface area contributed by atoms with Crippen LogP contribution in [0.15, 0.2) is 128 Å². The van der Waals surface area contributed by atoms with Gasteiger partial charge in [-0.05, 0) is 159 Å². The number of carbonyl (C=O) groups excluding carboxylic acids is 4. The number of piperazine rings is 4. The third kappa shape index (κ3) is 23.9. The standard InChI is InChI=1S/C25H34N4O2.C24H31ClFN5O2.C24H30ClFN4O2.C24H31ClN4O3.CH4/c1-17(2)27-15-21(20-7-5-18(3)6-8-20)25(30)29-13-11-28(12-14-29)23-9-10-26-22-16-31-19(4)24(22)23;1-14-11-30(7-8-31(14)22-21-15(2)33-12-20(21)28-13-29-22)23(32)17(10-24(3,4)27)16-5-6-18(25)19(26)9-16;1-15-22-20(14-32-15)28-7-6-21(22)29-8-10-30(11-9-29)23(31)17(13-24(2,3)27)16-4-5-18(25)19(26)12-16;1-16(2)27-15-24(31,18-4-6-19(25)7-5-18)23(30)29-12-10-28(11-13-29)21-8-9-26-20-14-32-17(3)22(20)21;/h5-10,17,19,21,27H,11-16H2,1-4H3;5-6,9,13-15,17H,7-8,10-12,27H2,1-4H3;4-7,12,15,17H,8-11,13-14,27H2,1-3H3;4-9,16-17,27,31H,10-15H2,1-3H3;1H4/t19-,21?;14-,15?,17?;15-,17+;17-,24?;/m0000./s1. The van der Waals surface area contributed by atoms with Crippen LogP contribution >= 0.6 is 34.8 Å². The Morgan fingerprint density at radius 2 is 0.860 bits per heavy atom. The van der Waals surface area contributed by atoms with Crippen molar-refractivity contribution < 1.29 is 52.0 Å². The first-order valence-electron chi connectivity index (χ1n) is 44.8. The number of fused-ring (bicyclic) bond motifs is 4. The number of hydrogen-bond donors (Lipinski definition) is 5. The number of nitrogens with zero attached hydrogens (tertiary/aromatic N) is 13. The fraction of sp³-hybridized carbons (Fsp3) is 0.520. The monoisotopic (exact) mass is 1830 g/mol. The van der Waals surface area contributed by atoms with Crippen LogP contribution < -0.4 is 41.7 Å². The molecule has 8 aliphatic heterocycles. The first-order chi connectivity index (χ1) is 60.9. The third-order valence-electron chi connectivity index (χ3n) is 25.3. The van der Waals surface area contributed by atoms with E-state index in [4.69, 9.17) is 65.2 Å². The minimum Gasteiger partial charge on any atom is -0.374 e. The summed E-state index contributed by atoms with van der Waals surface area (Å²) in [6.07, 6.45) is 7.97. The smallest absolute Gasteiger partial charge is 0.260 e. The fourth-order valence-corrected chi connectivity index (χ4v) is 18.7. The molecule has 12 heterocycles. The van der Waals surface area contributed by atoms with Gasteiger partial charge in [-0.25, -0.2) is 18.7 Å². The van der Waals surface area contributed by atoms with Crippen molar-refractivity contribution in [2.45, 2.75) is 221 Å². The zero-order chi connectivity index (χ0) is 91.8. The maximum atomic E-state index is 14.2. The van der Waals surface area contributed by atoms with Crippen molar-refractivity contribution in [3.05, 3.63) is 228 Å². The second-order valence-electron chi connectivity index (χ2n) is 36.9. The molecule has 8 aromatic rings. The molecule has 696 valence electrons. The van der Waals surface area contributed by atoms with Gasteiger partial charge in [0.2, 0.25) is 17.7 Å². The van der Waals surface area contributed by atoms with E-state index in [1.54, 1.807) is 47.6 Å². The highest BCUT2D eigenvalue weighted by atomic mass is 35.5. The molecule has 26 nitrogen and oxygen atoms in total. The van der Waals surface area contributed by atoms with Crippen LogP contribution in [0.1, 0.15) is 225 Å². The summed E-state index contributed by atoms with van der Waals surface area (Å²) in [6.45, 7) is 40.9. The van der Waals surface area contributed by atoms with Crippen LogP contribution in [0.25, 0.3) is 0 Å². The summed E-state index contributed by atoms with van der Waals surface area (Å²) in [5.74, 6) is -1.56. The van der Waals surface area contributed by atoms with Crippen LogP contribution in [-0.4, -0.2) is 214 Å². The van der Waals surface area contributed by atoms with Gasteiger partial charge in [-0.1, -0.05) is 124 Å². The number of ether oxygens (including phenoxy) is 4. The number of aliphatic hydroxyl groups is 1. The minimum atomic E-state index is -1.66. The predicted molar refractivity (Wildman–Crippen MR) is 504 cm³/mol. The normalized spacial score (nSPS) is 20.2. The van der Waals surface area contributed by atoms with Gasteiger partial charge in [0.25, 0.3) is 5.91 Å². The lowest BCUT2D eigenvalue weighted by Gasteiger charge is -2.42. The van der Waals surface area contributed by atoms with Gasteiger partial charge < -0.3 is 85.4 Å². The third-order valence-corrected chi connectivity index (χ3v) is 26.1. The molecule has 7 N–H and O–H groups in total. The molecule has 9 atom stereocenters. The molecule has 4 amide bonds. The molecule has 0 aliphatic carbocycles. The molecular formula is C98H130Cl3F2N17O9. The second kappa shape index (κ2) is 43.0. The van der Waals surface area contributed by atoms with Crippen LogP contribution in [0.3, 0.4) is 0 Å². The molecule has 4 fully saturated rings. The van der Waals surface area contributed by atoms with E-state index in [1.165, 1.54) is 41.1 Å². The van der Waals surface area contributed by atoms with Gasteiger partial charge in [0.1, 0.15) is 23.8 Å². The highest BCUT2D eigenvalue weighted by molar-refractivity contribution is 6.31. The maximum Gasteiger partial charge on any atom is 0.260 e. The van der Waals surface area contributed by atoms with Gasteiger partial charge in [-0.15, -0.1) is 0 Å². The number of rotatable bonds is 22.